The molecule has 0 unspecified atom stereocenters. The van der Waals surface area contributed by atoms with Gasteiger partial charge in [-0.3, -0.25) is 4.79 Å². The Hall–Kier alpha value is -2.10. The molecular weight excluding hydrogens is 272 g/mol. The predicted molar refractivity (Wildman–Crippen MR) is 70.6 cm³/mol. The minimum Gasteiger partial charge on any atom is -0.375 e. The Morgan fingerprint density at radius 1 is 1.56 bits per heavy atom. The first-order chi connectivity index (χ1) is 8.60. The van der Waals surface area contributed by atoms with Gasteiger partial charge in [-0.15, -0.1) is 11.3 Å². The number of halogens is 1. The average molecular weight is 279 g/mol. The van der Waals surface area contributed by atoms with Crippen LogP contribution in [0.25, 0.3) is 0 Å². The fourth-order valence-electron chi connectivity index (χ4n) is 1.26. The van der Waals surface area contributed by atoms with E-state index >= 15 is 0 Å². The molecule has 1 aromatic heterocycles. The van der Waals surface area contributed by atoms with E-state index in [1.54, 1.807) is 17.5 Å². The van der Waals surface area contributed by atoms with Crippen molar-refractivity contribution < 1.29 is 4.79 Å². The Balaban J connectivity index is 2.20. The third-order valence-electron chi connectivity index (χ3n) is 2.10. The molecule has 2 aromatic rings. The van der Waals surface area contributed by atoms with Crippen LogP contribution in [0.15, 0.2) is 23.6 Å². The molecule has 0 aliphatic rings. The summed E-state index contributed by atoms with van der Waals surface area (Å²) in [5.74, 6) is -0.394. The topological polar surface area (TPSA) is 91.8 Å². The number of thiazole rings is 1. The van der Waals surface area contributed by atoms with Gasteiger partial charge in [0.05, 0.1) is 22.3 Å². The van der Waals surface area contributed by atoms with Crippen molar-refractivity contribution >= 4 is 39.7 Å². The molecule has 0 aliphatic heterocycles. The van der Waals surface area contributed by atoms with Crippen LogP contribution in [0, 0.1) is 11.3 Å². The van der Waals surface area contributed by atoms with Crippen molar-refractivity contribution in [3.05, 3.63) is 39.9 Å². The molecule has 2 rings (SSSR count). The second-order valence-corrected chi connectivity index (χ2v) is 4.63. The van der Waals surface area contributed by atoms with Gasteiger partial charge in [-0.1, -0.05) is 11.6 Å². The number of nitrogens with zero attached hydrogens (tertiary/aromatic N) is 2. The van der Waals surface area contributed by atoms with E-state index in [1.807, 2.05) is 6.07 Å². The maximum atomic E-state index is 11.8. The average Bonchev–Trinajstić information content (AvgIpc) is 2.78. The molecule has 1 amide bonds. The van der Waals surface area contributed by atoms with Crippen LogP contribution < -0.4 is 11.1 Å². The summed E-state index contributed by atoms with van der Waals surface area (Å²) < 4.78 is 0. The number of nitrogens with one attached hydrogen (secondary N) is 1. The van der Waals surface area contributed by atoms with Crippen molar-refractivity contribution in [2.75, 3.05) is 11.1 Å². The van der Waals surface area contributed by atoms with E-state index in [9.17, 15) is 4.79 Å². The van der Waals surface area contributed by atoms with Crippen molar-refractivity contribution in [3.8, 4) is 6.07 Å². The third kappa shape index (κ3) is 2.59. The molecule has 0 bridgehead atoms. The van der Waals surface area contributed by atoms with E-state index in [0.29, 0.717) is 21.4 Å². The highest BCUT2D eigenvalue weighted by atomic mass is 35.5. The molecule has 18 heavy (non-hydrogen) atoms. The second-order valence-electron chi connectivity index (χ2n) is 3.33. The molecule has 1 aromatic carbocycles. The molecule has 3 N–H and O–H groups in total. The standard InChI is InChI=1S/C11H7ClN4OS/c12-7-3-6(4-13)1-2-8(7)15-10(17)9-5-18-11(14)16-9/h1-3,5H,(H2,14,16)(H,15,17). The molecule has 0 saturated carbocycles. The molecule has 5 nitrogen and oxygen atoms in total. The van der Waals surface area contributed by atoms with E-state index < -0.39 is 5.91 Å². The number of hydrogen-bond acceptors (Lipinski definition) is 5. The number of nitrogen functional groups attached to an aromatic ring is 1. The van der Waals surface area contributed by atoms with E-state index in [0.717, 1.165) is 0 Å². The van der Waals surface area contributed by atoms with Crippen LogP contribution in [0.4, 0.5) is 10.8 Å². The SMILES string of the molecule is N#Cc1ccc(NC(=O)c2csc(N)n2)c(Cl)c1. The summed E-state index contributed by atoms with van der Waals surface area (Å²) in [7, 11) is 0. The van der Waals surface area contributed by atoms with Crippen LogP contribution in [0.1, 0.15) is 16.1 Å². The number of carbonyl (C=O) groups is 1. The maximum absolute atomic E-state index is 11.8. The Bertz CT molecular complexity index is 647. The monoisotopic (exact) mass is 278 g/mol. The molecule has 7 heteroatoms. The van der Waals surface area contributed by atoms with Gasteiger partial charge in [-0.2, -0.15) is 5.26 Å². The normalized spacial score (nSPS) is 9.78. The number of benzene rings is 1. The maximum Gasteiger partial charge on any atom is 0.275 e. The van der Waals surface area contributed by atoms with Gasteiger partial charge >= 0.3 is 0 Å². The summed E-state index contributed by atoms with van der Waals surface area (Å²) in [6.07, 6.45) is 0. The van der Waals surface area contributed by atoms with Gasteiger partial charge in [-0.25, -0.2) is 4.98 Å². The Morgan fingerprint density at radius 3 is 2.89 bits per heavy atom. The van der Waals surface area contributed by atoms with Crippen LogP contribution in [0.2, 0.25) is 5.02 Å². The van der Waals surface area contributed by atoms with E-state index in [-0.39, 0.29) is 5.69 Å². The highest BCUT2D eigenvalue weighted by molar-refractivity contribution is 7.13. The summed E-state index contributed by atoms with van der Waals surface area (Å²) in [6, 6.07) is 6.57. The van der Waals surface area contributed by atoms with Crippen LogP contribution >= 0.6 is 22.9 Å². The number of amides is 1. The number of carbonyl (C=O) groups excluding carboxylic acids is 1. The smallest absolute Gasteiger partial charge is 0.275 e. The zero-order chi connectivity index (χ0) is 13.1. The quantitative estimate of drug-likeness (QED) is 0.883. The first-order valence-electron chi connectivity index (χ1n) is 4.82. The van der Waals surface area contributed by atoms with Gasteiger partial charge in [0, 0.05) is 5.38 Å². The third-order valence-corrected chi connectivity index (χ3v) is 3.09. The van der Waals surface area contributed by atoms with Crippen LogP contribution in [-0.4, -0.2) is 10.9 Å². The predicted octanol–water partition coefficient (Wildman–Crippen LogP) is 2.50. The van der Waals surface area contributed by atoms with Crippen molar-refractivity contribution in [3.63, 3.8) is 0 Å². The Kier molecular flexibility index (Phi) is 3.46. The number of nitrogens with two attached hydrogens (primary N) is 1. The van der Waals surface area contributed by atoms with Crippen molar-refractivity contribution in [1.29, 1.82) is 5.26 Å². The van der Waals surface area contributed by atoms with Gasteiger partial charge in [0.15, 0.2) is 5.13 Å². The zero-order valence-corrected chi connectivity index (χ0v) is 10.5. The van der Waals surface area contributed by atoms with Crippen molar-refractivity contribution in [2.24, 2.45) is 0 Å². The van der Waals surface area contributed by atoms with E-state index in [1.165, 1.54) is 17.4 Å². The fraction of sp³-hybridized carbons (Fsp3) is 0. The highest BCUT2D eigenvalue weighted by Crippen LogP contribution is 2.23. The summed E-state index contributed by atoms with van der Waals surface area (Å²) in [5, 5.41) is 13.5. The number of nitriles is 1. The van der Waals surface area contributed by atoms with Crippen molar-refractivity contribution in [2.45, 2.75) is 0 Å². The Labute approximate surface area is 112 Å². The summed E-state index contributed by atoms with van der Waals surface area (Å²) in [6.45, 7) is 0. The minimum absolute atomic E-state index is 0.234. The van der Waals surface area contributed by atoms with Gasteiger partial charge in [0.1, 0.15) is 5.69 Å². The largest absolute Gasteiger partial charge is 0.375 e. The first kappa shape index (κ1) is 12.4. The van der Waals surface area contributed by atoms with Gasteiger partial charge in [0.2, 0.25) is 0 Å². The molecule has 0 spiro atoms. The lowest BCUT2D eigenvalue weighted by molar-refractivity contribution is 0.102. The molecule has 0 atom stereocenters. The molecule has 0 saturated heterocycles. The van der Waals surface area contributed by atoms with E-state index in [4.69, 9.17) is 22.6 Å². The lowest BCUT2D eigenvalue weighted by Gasteiger charge is -2.05. The molecule has 0 aliphatic carbocycles. The van der Waals surface area contributed by atoms with Crippen LogP contribution in [0.5, 0.6) is 0 Å². The highest BCUT2D eigenvalue weighted by Gasteiger charge is 2.11. The molecule has 0 radical (unpaired) electrons. The molecule has 1 heterocycles. The van der Waals surface area contributed by atoms with Gasteiger partial charge < -0.3 is 11.1 Å². The van der Waals surface area contributed by atoms with E-state index in [2.05, 4.69) is 10.3 Å². The van der Waals surface area contributed by atoms with Crippen LogP contribution in [-0.2, 0) is 0 Å². The molecular formula is C11H7ClN4OS. The number of aromatic nitrogens is 1. The Morgan fingerprint density at radius 2 is 2.33 bits per heavy atom. The first-order valence-corrected chi connectivity index (χ1v) is 6.08. The fourth-order valence-corrected chi connectivity index (χ4v) is 2.04. The summed E-state index contributed by atoms with van der Waals surface area (Å²) >= 11 is 7.12. The van der Waals surface area contributed by atoms with Gasteiger partial charge in [-0.05, 0) is 18.2 Å². The lowest BCUT2D eigenvalue weighted by atomic mass is 10.2. The second kappa shape index (κ2) is 5.04. The summed E-state index contributed by atoms with van der Waals surface area (Å²) in [4.78, 5) is 15.6. The van der Waals surface area contributed by atoms with Gasteiger partial charge in [0.25, 0.3) is 5.91 Å². The molecule has 0 fully saturated rings. The lowest BCUT2D eigenvalue weighted by Crippen LogP contribution is -2.12. The number of rotatable bonds is 2. The number of hydrogen-bond donors (Lipinski definition) is 2. The summed E-state index contributed by atoms with van der Waals surface area (Å²) in [5.41, 5.74) is 6.53. The molecule has 90 valence electrons. The van der Waals surface area contributed by atoms with Crippen molar-refractivity contribution in [1.82, 2.24) is 4.98 Å². The van der Waals surface area contributed by atoms with Crippen LogP contribution in [0.3, 0.4) is 0 Å². The minimum atomic E-state index is -0.394. The number of anilines is 2. The zero-order valence-electron chi connectivity index (χ0n) is 8.98.